The Bertz CT molecular complexity index is 78.6. The second kappa shape index (κ2) is 4.65. The lowest BCUT2D eigenvalue weighted by Crippen LogP contribution is -2.03. The van der Waals surface area contributed by atoms with Gasteiger partial charge in [-0.3, -0.25) is 0 Å². The molecule has 2 heteroatoms. The molecule has 0 fully saturated rings. The minimum atomic E-state index is 0.853. The maximum Gasteiger partial charge on any atom is 0.118 e. The lowest BCUT2D eigenvalue weighted by molar-refractivity contribution is 0.141. The van der Waals surface area contributed by atoms with Crippen LogP contribution < -0.4 is 5.48 Å². The van der Waals surface area contributed by atoms with E-state index in [1.165, 1.54) is 0 Å². The van der Waals surface area contributed by atoms with Crippen LogP contribution in [-0.4, -0.2) is 6.54 Å². The monoisotopic (exact) mass is 115 g/mol. The molecule has 1 N–H and O–H groups in total. The highest BCUT2D eigenvalue weighted by molar-refractivity contribution is 4.92. The van der Waals surface area contributed by atoms with Gasteiger partial charge in [-0.2, -0.15) is 5.48 Å². The van der Waals surface area contributed by atoms with E-state index in [4.69, 9.17) is 4.84 Å². The summed E-state index contributed by atoms with van der Waals surface area (Å²) in [4.78, 5) is 4.76. The van der Waals surface area contributed by atoms with Gasteiger partial charge < -0.3 is 4.84 Å². The maximum atomic E-state index is 4.76. The summed E-state index contributed by atoms with van der Waals surface area (Å²) in [5.41, 5.74) is 2.68. The van der Waals surface area contributed by atoms with Crippen molar-refractivity contribution in [2.75, 3.05) is 6.54 Å². The van der Waals surface area contributed by atoms with E-state index in [-0.39, 0.29) is 0 Å². The van der Waals surface area contributed by atoms with Gasteiger partial charge in [-0.25, -0.2) is 0 Å². The fourth-order valence-corrected chi connectivity index (χ4v) is 0.383. The van der Waals surface area contributed by atoms with Crippen LogP contribution in [0.15, 0.2) is 11.8 Å². The molecule has 48 valence electrons. The van der Waals surface area contributed by atoms with Gasteiger partial charge in [0.2, 0.25) is 0 Å². The molecule has 0 spiro atoms. The van der Waals surface area contributed by atoms with E-state index in [0.717, 1.165) is 12.3 Å². The Morgan fingerprint density at radius 2 is 2.25 bits per heavy atom. The van der Waals surface area contributed by atoms with Crippen molar-refractivity contribution in [1.29, 1.82) is 0 Å². The second-order valence-electron chi connectivity index (χ2n) is 1.27. The zero-order valence-corrected chi connectivity index (χ0v) is 5.69. The molecule has 0 unspecified atom stereocenters. The minimum absolute atomic E-state index is 0.853. The molecule has 0 aromatic carbocycles. The van der Waals surface area contributed by atoms with Crippen molar-refractivity contribution in [2.24, 2.45) is 0 Å². The van der Waals surface area contributed by atoms with Crippen molar-refractivity contribution < 1.29 is 4.84 Å². The summed E-state index contributed by atoms with van der Waals surface area (Å²) < 4.78 is 0. The number of rotatable bonds is 0. The topological polar surface area (TPSA) is 21.3 Å². The van der Waals surface area contributed by atoms with Crippen LogP contribution in [0.4, 0.5) is 0 Å². The van der Waals surface area contributed by atoms with E-state index in [0.29, 0.717) is 0 Å². The fourth-order valence-electron chi connectivity index (χ4n) is 0.383. The van der Waals surface area contributed by atoms with Gasteiger partial charge in [-0.1, -0.05) is 13.8 Å². The summed E-state index contributed by atoms with van der Waals surface area (Å²) in [5, 5.41) is 0. The zero-order chi connectivity index (χ0) is 6.41. The maximum absolute atomic E-state index is 4.76. The first-order valence-electron chi connectivity index (χ1n) is 2.96. The Labute approximate surface area is 50.5 Å². The average Bonchev–Trinajstić information content (AvgIpc) is 2.24. The van der Waals surface area contributed by atoms with E-state index in [9.17, 15) is 0 Å². The highest BCUT2D eigenvalue weighted by atomic mass is 16.7. The molecule has 1 aliphatic heterocycles. The van der Waals surface area contributed by atoms with Crippen LogP contribution in [0, 0.1) is 0 Å². The van der Waals surface area contributed by atoms with Gasteiger partial charge in [0.15, 0.2) is 0 Å². The van der Waals surface area contributed by atoms with Gasteiger partial charge in [0.25, 0.3) is 0 Å². The van der Waals surface area contributed by atoms with Crippen molar-refractivity contribution in [1.82, 2.24) is 5.48 Å². The smallest absolute Gasteiger partial charge is 0.118 e. The van der Waals surface area contributed by atoms with Crippen molar-refractivity contribution in [2.45, 2.75) is 20.8 Å². The third kappa shape index (κ3) is 2.64. The molecule has 0 saturated heterocycles. The SMILES string of the molecule is CC.CC1=CCNO1. The Kier molecular flexibility index (Phi) is 4.36. The molecule has 0 atom stereocenters. The van der Waals surface area contributed by atoms with E-state index >= 15 is 0 Å². The number of nitrogens with one attached hydrogen (secondary N) is 1. The molecule has 0 aliphatic carbocycles. The van der Waals surface area contributed by atoms with E-state index in [1.807, 2.05) is 26.8 Å². The number of allylic oxidation sites excluding steroid dienone is 1. The molecule has 0 amide bonds. The van der Waals surface area contributed by atoms with E-state index in [1.54, 1.807) is 0 Å². The predicted octanol–water partition coefficient (Wildman–Crippen LogP) is 1.45. The molecule has 1 heterocycles. The highest BCUT2D eigenvalue weighted by Crippen LogP contribution is 1.95. The fraction of sp³-hybridized carbons (Fsp3) is 0.667. The summed E-state index contributed by atoms with van der Waals surface area (Å²) in [6.07, 6.45) is 1.99. The van der Waals surface area contributed by atoms with Crippen molar-refractivity contribution in [3.05, 3.63) is 11.8 Å². The molecule has 0 saturated carbocycles. The van der Waals surface area contributed by atoms with Gasteiger partial charge in [0, 0.05) is 0 Å². The first kappa shape index (κ1) is 7.50. The van der Waals surface area contributed by atoms with Gasteiger partial charge in [0.05, 0.1) is 6.54 Å². The van der Waals surface area contributed by atoms with Gasteiger partial charge in [-0.15, -0.1) is 0 Å². The molecule has 8 heavy (non-hydrogen) atoms. The van der Waals surface area contributed by atoms with Crippen LogP contribution in [0.2, 0.25) is 0 Å². The van der Waals surface area contributed by atoms with Gasteiger partial charge in [-0.05, 0) is 13.0 Å². The van der Waals surface area contributed by atoms with Crippen LogP contribution in [0.1, 0.15) is 20.8 Å². The van der Waals surface area contributed by atoms with Gasteiger partial charge in [0.1, 0.15) is 5.76 Å². The lowest BCUT2D eigenvalue weighted by Gasteiger charge is -1.90. The Morgan fingerprint density at radius 1 is 1.62 bits per heavy atom. The molecular formula is C6H13NO. The number of hydrogen-bond acceptors (Lipinski definition) is 2. The summed E-state index contributed by atoms with van der Waals surface area (Å²) in [6, 6.07) is 0. The Balaban J connectivity index is 0.000000222. The van der Waals surface area contributed by atoms with Crippen molar-refractivity contribution in [3.8, 4) is 0 Å². The summed E-state index contributed by atoms with van der Waals surface area (Å²) >= 11 is 0. The number of hydrogen-bond donors (Lipinski definition) is 1. The molecule has 0 aromatic rings. The van der Waals surface area contributed by atoms with Crippen LogP contribution in [0.25, 0.3) is 0 Å². The van der Waals surface area contributed by atoms with Gasteiger partial charge >= 0.3 is 0 Å². The molecule has 0 bridgehead atoms. The van der Waals surface area contributed by atoms with Crippen LogP contribution >= 0.6 is 0 Å². The lowest BCUT2D eigenvalue weighted by atomic mass is 10.5. The van der Waals surface area contributed by atoms with Crippen LogP contribution in [0.5, 0.6) is 0 Å². The standard InChI is InChI=1S/C4H7NO.C2H6/c1-4-2-3-5-6-4;1-2/h2,5H,3H2,1H3;1-2H3. The largest absolute Gasteiger partial charge is 0.413 e. The minimum Gasteiger partial charge on any atom is -0.413 e. The zero-order valence-electron chi connectivity index (χ0n) is 5.69. The van der Waals surface area contributed by atoms with E-state index < -0.39 is 0 Å². The molecule has 1 rings (SSSR count). The molecule has 0 radical (unpaired) electrons. The van der Waals surface area contributed by atoms with Crippen LogP contribution in [-0.2, 0) is 4.84 Å². The summed E-state index contributed by atoms with van der Waals surface area (Å²) in [6.45, 7) is 6.77. The van der Waals surface area contributed by atoms with Crippen molar-refractivity contribution >= 4 is 0 Å². The molecular weight excluding hydrogens is 102 g/mol. The van der Waals surface area contributed by atoms with Crippen LogP contribution in [0.3, 0.4) is 0 Å². The first-order chi connectivity index (χ1) is 3.89. The third-order valence-corrected chi connectivity index (χ3v) is 0.706. The average molecular weight is 115 g/mol. The molecule has 0 aromatic heterocycles. The third-order valence-electron chi connectivity index (χ3n) is 0.706. The normalized spacial score (nSPS) is 15.6. The Morgan fingerprint density at radius 3 is 2.38 bits per heavy atom. The highest BCUT2D eigenvalue weighted by Gasteiger charge is 1.93. The Hall–Kier alpha value is -0.500. The molecule has 2 nitrogen and oxygen atoms in total. The second-order valence-corrected chi connectivity index (χ2v) is 1.27. The van der Waals surface area contributed by atoms with E-state index in [2.05, 4.69) is 5.48 Å². The first-order valence-corrected chi connectivity index (χ1v) is 2.96. The molecule has 1 aliphatic rings. The van der Waals surface area contributed by atoms with Crippen molar-refractivity contribution in [3.63, 3.8) is 0 Å². The summed E-state index contributed by atoms with van der Waals surface area (Å²) in [7, 11) is 0. The summed E-state index contributed by atoms with van der Waals surface area (Å²) in [5.74, 6) is 0.968. The predicted molar refractivity (Wildman–Crippen MR) is 34.2 cm³/mol. The quantitative estimate of drug-likeness (QED) is 0.516. The number of hydroxylamine groups is 1.